The number of alkyl halides is 2. The van der Waals surface area contributed by atoms with Crippen LogP contribution in [0, 0.1) is 5.92 Å². The van der Waals surface area contributed by atoms with Gasteiger partial charge in [-0.25, -0.2) is 8.42 Å². The number of piperidine rings is 1. The first-order valence-corrected chi connectivity index (χ1v) is 7.98. The average molecular weight is 304 g/mol. The second-order valence-corrected chi connectivity index (χ2v) is 7.22. The van der Waals surface area contributed by atoms with Crippen LogP contribution in [-0.2, 0) is 9.84 Å². The van der Waals surface area contributed by atoms with Gasteiger partial charge in [-0.3, -0.25) is 0 Å². The van der Waals surface area contributed by atoms with Gasteiger partial charge in [0, 0.05) is 24.8 Å². The standard InChI is InChI=1S/C13H18F2N2O2S/c1-9-6-10(16)8-17(7-9)11-2-4-12(5-3-11)20(18,19)13(14)15/h2-5,9-10,13H,6-8,16H2,1H3. The Kier molecular flexibility index (Phi) is 4.29. The highest BCUT2D eigenvalue weighted by Gasteiger charge is 2.27. The summed E-state index contributed by atoms with van der Waals surface area (Å²) in [5, 5.41) is 0. The Labute approximate surface area is 117 Å². The molecule has 1 aliphatic heterocycles. The smallest absolute Gasteiger partial charge is 0.341 e. The maximum Gasteiger partial charge on any atom is 0.341 e. The minimum absolute atomic E-state index is 0.0724. The van der Waals surface area contributed by atoms with Gasteiger partial charge in [-0.1, -0.05) is 6.92 Å². The van der Waals surface area contributed by atoms with Crippen molar-refractivity contribution < 1.29 is 17.2 Å². The fourth-order valence-electron chi connectivity index (χ4n) is 2.56. The molecule has 2 unspecified atom stereocenters. The number of rotatable bonds is 3. The highest BCUT2D eigenvalue weighted by molar-refractivity contribution is 7.91. The average Bonchev–Trinajstić information content (AvgIpc) is 2.37. The van der Waals surface area contributed by atoms with Crippen LogP contribution < -0.4 is 10.6 Å². The lowest BCUT2D eigenvalue weighted by Gasteiger charge is -2.36. The van der Waals surface area contributed by atoms with Crippen molar-refractivity contribution in [3.63, 3.8) is 0 Å². The first kappa shape index (κ1) is 15.2. The highest BCUT2D eigenvalue weighted by Crippen LogP contribution is 2.25. The number of anilines is 1. The SMILES string of the molecule is CC1CC(N)CN(c2ccc(S(=O)(=O)C(F)F)cc2)C1. The Morgan fingerprint density at radius 2 is 1.85 bits per heavy atom. The summed E-state index contributed by atoms with van der Waals surface area (Å²) in [6.45, 7) is 3.61. The summed E-state index contributed by atoms with van der Waals surface area (Å²) in [6, 6.07) is 5.63. The lowest BCUT2D eigenvalue weighted by Crippen LogP contribution is -2.46. The van der Waals surface area contributed by atoms with E-state index in [0.717, 1.165) is 18.7 Å². The molecule has 7 heteroatoms. The normalized spacial score (nSPS) is 24.1. The van der Waals surface area contributed by atoms with Crippen LogP contribution in [0.2, 0.25) is 0 Å². The molecule has 1 aromatic carbocycles. The molecule has 2 atom stereocenters. The van der Waals surface area contributed by atoms with Gasteiger partial charge < -0.3 is 10.6 Å². The molecule has 1 heterocycles. The summed E-state index contributed by atoms with van der Waals surface area (Å²) in [6.07, 6.45) is 0.953. The van der Waals surface area contributed by atoms with Crippen molar-refractivity contribution in [1.82, 2.24) is 0 Å². The van der Waals surface area contributed by atoms with Crippen molar-refractivity contribution in [2.24, 2.45) is 11.7 Å². The Bertz CT molecular complexity index is 550. The summed E-state index contributed by atoms with van der Waals surface area (Å²) in [7, 11) is -4.52. The zero-order valence-electron chi connectivity index (χ0n) is 11.2. The number of benzene rings is 1. The number of nitrogens with two attached hydrogens (primary N) is 1. The van der Waals surface area contributed by atoms with Gasteiger partial charge in [0.15, 0.2) is 0 Å². The van der Waals surface area contributed by atoms with Crippen LogP contribution in [0.4, 0.5) is 14.5 Å². The monoisotopic (exact) mass is 304 g/mol. The molecule has 2 N–H and O–H groups in total. The maximum atomic E-state index is 12.4. The van der Waals surface area contributed by atoms with Crippen LogP contribution in [-0.4, -0.2) is 33.3 Å². The van der Waals surface area contributed by atoms with E-state index >= 15 is 0 Å². The molecule has 2 rings (SSSR count). The van der Waals surface area contributed by atoms with E-state index in [-0.39, 0.29) is 10.9 Å². The van der Waals surface area contributed by atoms with Crippen molar-refractivity contribution >= 4 is 15.5 Å². The molecule has 4 nitrogen and oxygen atoms in total. The Hall–Kier alpha value is -1.21. The van der Waals surface area contributed by atoms with Gasteiger partial charge in [-0.15, -0.1) is 0 Å². The number of halogens is 2. The van der Waals surface area contributed by atoms with Crippen molar-refractivity contribution in [2.75, 3.05) is 18.0 Å². The third kappa shape index (κ3) is 3.09. The van der Waals surface area contributed by atoms with E-state index in [4.69, 9.17) is 5.73 Å². The predicted octanol–water partition coefficient (Wildman–Crippen LogP) is 1.86. The molecule has 1 saturated heterocycles. The second-order valence-electron chi connectivity index (χ2n) is 5.31. The highest BCUT2D eigenvalue weighted by atomic mass is 32.2. The molecule has 0 amide bonds. The minimum Gasteiger partial charge on any atom is -0.370 e. The third-order valence-electron chi connectivity index (χ3n) is 3.46. The van der Waals surface area contributed by atoms with Gasteiger partial charge >= 0.3 is 5.76 Å². The van der Waals surface area contributed by atoms with Crippen LogP contribution in [0.5, 0.6) is 0 Å². The van der Waals surface area contributed by atoms with Gasteiger partial charge in [0.05, 0.1) is 4.90 Å². The topological polar surface area (TPSA) is 63.4 Å². The van der Waals surface area contributed by atoms with Crippen LogP contribution >= 0.6 is 0 Å². The van der Waals surface area contributed by atoms with E-state index < -0.39 is 15.6 Å². The number of nitrogens with zero attached hydrogens (tertiary/aromatic N) is 1. The minimum atomic E-state index is -4.52. The third-order valence-corrected chi connectivity index (χ3v) is 4.86. The molecule has 1 aliphatic rings. The number of hydrogen-bond donors (Lipinski definition) is 1. The molecule has 0 bridgehead atoms. The molecular weight excluding hydrogens is 286 g/mol. The van der Waals surface area contributed by atoms with Crippen LogP contribution in [0.25, 0.3) is 0 Å². The van der Waals surface area contributed by atoms with Gasteiger partial charge in [-0.2, -0.15) is 8.78 Å². The fraction of sp³-hybridized carbons (Fsp3) is 0.538. The van der Waals surface area contributed by atoms with Crippen LogP contribution in [0.15, 0.2) is 29.2 Å². The van der Waals surface area contributed by atoms with Crippen molar-refractivity contribution in [3.05, 3.63) is 24.3 Å². The first-order chi connectivity index (χ1) is 9.30. The molecule has 0 radical (unpaired) electrons. The molecule has 0 spiro atoms. The lowest BCUT2D eigenvalue weighted by atomic mass is 9.96. The van der Waals surface area contributed by atoms with Crippen LogP contribution in [0.1, 0.15) is 13.3 Å². The van der Waals surface area contributed by atoms with Crippen molar-refractivity contribution in [1.29, 1.82) is 0 Å². The van der Waals surface area contributed by atoms with Crippen molar-refractivity contribution in [3.8, 4) is 0 Å². The molecule has 1 fully saturated rings. The van der Waals surface area contributed by atoms with E-state index in [1.807, 2.05) is 0 Å². The van der Waals surface area contributed by atoms with Crippen LogP contribution in [0.3, 0.4) is 0 Å². The maximum absolute atomic E-state index is 12.4. The molecule has 1 aromatic rings. The largest absolute Gasteiger partial charge is 0.370 e. The van der Waals surface area contributed by atoms with E-state index in [9.17, 15) is 17.2 Å². The van der Waals surface area contributed by atoms with Gasteiger partial charge in [0.25, 0.3) is 0 Å². The Balaban J connectivity index is 2.20. The summed E-state index contributed by atoms with van der Waals surface area (Å²) >= 11 is 0. The molecule has 20 heavy (non-hydrogen) atoms. The molecule has 0 aliphatic carbocycles. The second kappa shape index (κ2) is 5.65. The molecule has 112 valence electrons. The Morgan fingerprint density at radius 3 is 2.35 bits per heavy atom. The summed E-state index contributed by atoms with van der Waals surface area (Å²) in [5.41, 5.74) is 6.76. The van der Waals surface area contributed by atoms with E-state index in [0.29, 0.717) is 12.5 Å². The van der Waals surface area contributed by atoms with E-state index in [1.54, 1.807) is 12.1 Å². The van der Waals surface area contributed by atoms with E-state index in [1.165, 1.54) is 12.1 Å². The number of sulfone groups is 1. The van der Waals surface area contributed by atoms with Crippen molar-refractivity contribution in [2.45, 2.75) is 30.0 Å². The van der Waals surface area contributed by atoms with E-state index in [2.05, 4.69) is 11.8 Å². The first-order valence-electron chi connectivity index (χ1n) is 6.43. The summed E-state index contributed by atoms with van der Waals surface area (Å²) < 4.78 is 47.6. The van der Waals surface area contributed by atoms with Gasteiger partial charge in [-0.05, 0) is 36.6 Å². The van der Waals surface area contributed by atoms with Gasteiger partial charge in [0.2, 0.25) is 9.84 Å². The molecular formula is C13H18F2N2O2S. The zero-order valence-corrected chi connectivity index (χ0v) is 12.0. The molecule has 0 aromatic heterocycles. The zero-order chi connectivity index (χ0) is 14.9. The van der Waals surface area contributed by atoms with Gasteiger partial charge in [0.1, 0.15) is 0 Å². The fourth-order valence-corrected chi connectivity index (χ4v) is 3.28. The summed E-state index contributed by atoms with van der Waals surface area (Å²) in [4.78, 5) is 1.70. The number of hydrogen-bond acceptors (Lipinski definition) is 4. The lowest BCUT2D eigenvalue weighted by molar-refractivity contribution is 0.234. The quantitative estimate of drug-likeness (QED) is 0.926. The Morgan fingerprint density at radius 1 is 1.25 bits per heavy atom. The predicted molar refractivity (Wildman–Crippen MR) is 73.6 cm³/mol. The molecule has 0 saturated carbocycles. The summed E-state index contributed by atoms with van der Waals surface area (Å²) in [5.74, 6) is -2.94.